The summed E-state index contributed by atoms with van der Waals surface area (Å²) in [5, 5.41) is 2.96. The summed E-state index contributed by atoms with van der Waals surface area (Å²) in [5.41, 5.74) is -0.0816. The van der Waals surface area contributed by atoms with Crippen molar-refractivity contribution < 1.29 is 33.4 Å². The minimum atomic E-state index is -0.602. The molecule has 0 radical (unpaired) electrons. The Hall–Kier alpha value is -3.10. The molecule has 9 rings (SSSR count). The van der Waals surface area contributed by atoms with E-state index in [1.807, 2.05) is 29.2 Å². The number of methoxy groups -OCH3 is 1. The molecule has 4 saturated heterocycles. The maximum Gasteiger partial charge on any atom is 0.333 e. The van der Waals surface area contributed by atoms with E-state index in [1.165, 1.54) is 128 Å². The van der Waals surface area contributed by atoms with Crippen molar-refractivity contribution in [2.75, 3.05) is 7.11 Å². The number of carbonyl (C=O) groups is 4. The molecule has 0 spiro atoms. The van der Waals surface area contributed by atoms with Crippen LogP contribution in [0.25, 0.3) is 0 Å². The molecule has 1 aromatic carbocycles. The fourth-order valence-corrected chi connectivity index (χ4v) is 12.8. The van der Waals surface area contributed by atoms with Crippen LogP contribution >= 0.6 is 0 Å². The zero-order valence-electron chi connectivity index (χ0n) is 34.8. The predicted octanol–water partition coefficient (Wildman–Crippen LogP) is 9.38. The van der Waals surface area contributed by atoms with Crippen LogP contribution in [0.3, 0.4) is 0 Å². The minimum absolute atomic E-state index is 0.0695. The number of ether oxygens (including phenoxy) is 3. The van der Waals surface area contributed by atoms with Crippen molar-refractivity contribution >= 4 is 23.8 Å². The molecule has 1 aromatic rings. The third-order valence-corrected chi connectivity index (χ3v) is 16.1. The number of amides is 2. The lowest BCUT2D eigenvalue weighted by Gasteiger charge is -2.48. The van der Waals surface area contributed by atoms with Gasteiger partial charge in [-0.3, -0.25) is 9.59 Å². The highest BCUT2D eigenvalue weighted by atomic mass is 16.6. The van der Waals surface area contributed by atoms with E-state index >= 15 is 0 Å². The molecule has 314 valence electrons. The molecule has 2 amide bonds. The molecule has 2 unspecified atom stereocenters. The number of likely N-dealkylation sites (tertiary alicyclic amines) is 1. The Morgan fingerprint density at radius 3 is 1.58 bits per heavy atom. The fourth-order valence-electron chi connectivity index (χ4n) is 12.8. The smallest absolute Gasteiger partial charge is 0.333 e. The number of nitrogens with one attached hydrogen (secondary N) is 1. The lowest BCUT2D eigenvalue weighted by molar-refractivity contribution is -0.214. The quantitative estimate of drug-likeness (QED) is 0.199. The van der Waals surface area contributed by atoms with E-state index in [0.29, 0.717) is 24.3 Å². The van der Waals surface area contributed by atoms with Crippen molar-refractivity contribution in [2.24, 2.45) is 35.5 Å². The van der Waals surface area contributed by atoms with Gasteiger partial charge in [-0.1, -0.05) is 141 Å². The van der Waals surface area contributed by atoms with Crippen molar-refractivity contribution in [2.45, 2.75) is 197 Å². The first-order valence-corrected chi connectivity index (χ1v) is 23.5. The van der Waals surface area contributed by atoms with Crippen LogP contribution in [0.1, 0.15) is 173 Å². The van der Waals surface area contributed by atoms with Gasteiger partial charge in [0.2, 0.25) is 11.8 Å². The number of esters is 2. The topological polar surface area (TPSA) is 111 Å². The number of hydrogen-bond donors (Lipinski definition) is 1. The van der Waals surface area contributed by atoms with Crippen molar-refractivity contribution in [1.29, 1.82) is 0 Å². The van der Waals surface area contributed by atoms with Crippen molar-refractivity contribution in [1.82, 2.24) is 10.2 Å². The Balaban J connectivity index is 0.000000168. The Morgan fingerprint density at radius 2 is 1.09 bits per heavy atom. The van der Waals surface area contributed by atoms with E-state index in [4.69, 9.17) is 14.2 Å². The molecule has 8 aliphatic rings. The van der Waals surface area contributed by atoms with Crippen LogP contribution in [0.15, 0.2) is 24.3 Å². The van der Waals surface area contributed by atoms with Gasteiger partial charge in [0.05, 0.1) is 18.9 Å². The van der Waals surface area contributed by atoms with E-state index in [-0.39, 0.29) is 41.6 Å². The van der Waals surface area contributed by atoms with E-state index in [2.05, 4.69) is 5.32 Å². The summed E-state index contributed by atoms with van der Waals surface area (Å²) in [7, 11) is 1.65. The van der Waals surface area contributed by atoms with E-state index in [9.17, 15) is 19.2 Å². The normalized spacial score (nSPS) is 33.5. The number of rotatable bonds is 13. The second kappa shape index (κ2) is 18.0. The van der Waals surface area contributed by atoms with Crippen LogP contribution in [0.4, 0.5) is 0 Å². The predicted molar refractivity (Wildman–Crippen MR) is 218 cm³/mol. The van der Waals surface area contributed by atoms with Gasteiger partial charge < -0.3 is 24.4 Å². The number of fused-ring (bicyclic) bond motifs is 2. The molecular formula is C48H70N2O7. The number of benzene rings is 1. The number of carbonyl (C=O) groups excluding carboxylic acids is 4. The summed E-state index contributed by atoms with van der Waals surface area (Å²) in [4.78, 5) is 53.0. The molecule has 57 heavy (non-hydrogen) atoms. The van der Waals surface area contributed by atoms with Gasteiger partial charge in [0.15, 0.2) is 23.3 Å². The highest BCUT2D eigenvalue weighted by Crippen LogP contribution is 2.54. The van der Waals surface area contributed by atoms with Crippen LogP contribution in [-0.2, 0) is 35.2 Å². The maximum absolute atomic E-state index is 13.8. The lowest BCUT2D eigenvalue weighted by atomic mass is 9.70. The monoisotopic (exact) mass is 787 g/mol. The molecule has 4 aliphatic carbocycles. The van der Waals surface area contributed by atoms with Crippen LogP contribution < -0.4 is 10.1 Å². The molecule has 8 fully saturated rings. The molecule has 9 nitrogen and oxygen atoms in total. The Bertz CT molecular complexity index is 1560. The van der Waals surface area contributed by atoms with Crippen LogP contribution in [-0.4, -0.2) is 59.0 Å². The highest BCUT2D eigenvalue weighted by Gasteiger charge is 2.71. The molecule has 4 saturated carbocycles. The maximum atomic E-state index is 13.8. The molecule has 1 N–H and O–H groups in total. The van der Waals surface area contributed by atoms with Gasteiger partial charge in [-0.15, -0.1) is 0 Å². The van der Waals surface area contributed by atoms with Gasteiger partial charge >= 0.3 is 11.9 Å². The zero-order valence-corrected chi connectivity index (χ0v) is 34.8. The zero-order chi connectivity index (χ0) is 39.4. The molecule has 0 bridgehead atoms. The standard InChI is InChI=1S/C28H39NO4.C20H31NO3/c1-32-23-14-12-22(13-15-23)19-29-25-27(31)33-28(25,17-16-20-8-4-2-5-9-20)24(26(29)30)18-21-10-6-3-7-11-21;22-18-16(13-15-9-5-2-6-10-15)20(17(21-18)19(23)24-20)12-11-14-7-3-1-4-8-14/h12-15,20-21,24-25H,2-11,16-19H2,1H3;14-17H,1-13H2,(H,21,22)/t24-,25?,28-;16-,17?,20-/m00/s1. The van der Waals surface area contributed by atoms with Gasteiger partial charge in [-0.05, 0) is 79.9 Å². The number of hydrogen-bond acceptors (Lipinski definition) is 7. The Morgan fingerprint density at radius 1 is 0.614 bits per heavy atom. The summed E-state index contributed by atoms with van der Waals surface area (Å²) >= 11 is 0. The first kappa shape index (κ1) is 40.7. The first-order valence-electron chi connectivity index (χ1n) is 23.5. The molecular weight excluding hydrogens is 717 g/mol. The van der Waals surface area contributed by atoms with Crippen LogP contribution in [0.2, 0.25) is 0 Å². The second-order valence-electron chi connectivity index (χ2n) is 19.6. The molecule has 9 heteroatoms. The molecule has 4 aliphatic heterocycles. The average molecular weight is 787 g/mol. The van der Waals surface area contributed by atoms with Gasteiger partial charge in [-0.25, -0.2) is 9.59 Å². The average Bonchev–Trinajstić information content (AvgIpc) is 3.56. The van der Waals surface area contributed by atoms with Crippen molar-refractivity contribution in [3.05, 3.63) is 29.8 Å². The van der Waals surface area contributed by atoms with E-state index in [0.717, 1.165) is 55.8 Å². The Kier molecular flexibility index (Phi) is 12.9. The van der Waals surface area contributed by atoms with Gasteiger partial charge in [0.25, 0.3) is 0 Å². The Labute approximate surface area is 341 Å². The fraction of sp³-hybridized carbons (Fsp3) is 0.792. The van der Waals surface area contributed by atoms with Crippen LogP contribution in [0.5, 0.6) is 5.75 Å². The number of nitrogens with zero attached hydrogens (tertiary/aromatic N) is 1. The molecule has 0 aromatic heterocycles. The minimum Gasteiger partial charge on any atom is -0.497 e. The second-order valence-corrected chi connectivity index (χ2v) is 19.6. The van der Waals surface area contributed by atoms with Crippen molar-refractivity contribution in [3.8, 4) is 5.75 Å². The van der Waals surface area contributed by atoms with Crippen molar-refractivity contribution in [3.63, 3.8) is 0 Å². The van der Waals surface area contributed by atoms with Gasteiger partial charge in [0, 0.05) is 6.54 Å². The van der Waals surface area contributed by atoms with Crippen LogP contribution in [0, 0.1) is 35.5 Å². The third-order valence-electron chi connectivity index (χ3n) is 16.1. The molecule has 6 atom stereocenters. The molecule has 4 heterocycles. The van der Waals surface area contributed by atoms with E-state index < -0.39 is 17.2 Å². The highest BCUT2D eigenvalue weighted by molar-refractivity contribution is 5.98. The summed E-state index contributed by atoms with van der Waals surface area (Å²) in [6.07, 6.45) is 31.5. The van der Waals surface area contributed by atoms with Gasteiger partial charge in [-0.2, -0.15) is 0 Å². The lowest BCUT2D eigenvalue weighted by Crippen LogP contribution is -2.65. The first-order chi connectivity index (χ1) is 27.8. The SMILES string of the molecule is COc1ccc(CN2C(=O)[C@H](CC3CCCCC3)[C@]3(CCC4CCCCC4)OC(=O)C23)cc1.O=C1O[C@]2(CCC3CCCCC3)C1NC(=O)[C@@H]2CC1CCCCC1. The van der Waals surface area contributed by atoms with Gasteiger partial charge in [0.1, 0.15) is 5.75 Å². The summed E-state index contributed by atoms with van der Waals surface area (Å²) in [6.45, 7) is 0.467. The summed E-state index contributed by atoms with van der Waals surface area (Å²) in [6, 6.07) is 7.06. The summed E-state index contributed by atoms with van der Waals surface area (Å²) < 4.78 is 17.1. The summed E-state index contributed by atoms with van der Waals surface area (Å²) in [5.74, 6) is 3.01. The third kappa shape index (κ3) is 8.51. The largest absolute Gasteiger partial charge is 0.497 e. The van der Waals surface area contributed by atoms with E-state index in [1.54, 1.807) is 7.11 Å².